The van der Waals surface area contributed by atoms with Gasteiger partial charge in [0.05, 0.1) is 18.4 Å². The first-order chi connectivity index (χ1) is 8.83. The summed E-state index contributed by atoms with van der Waals surface area (Å²) in [5.41, 5.74) is 1.22. The number of aliphatic hydroxyl groups excluding tert-OH is 1. The Morgan fingerprint density at radius 3 is 2.50 bits per heavy atom. The van der Waals surface area contributed by atoms with E-state index in [0.29, 0.717) is 6.42 Å². The van der Waals surface area contributed by atoms with Crippen molar-refractivity contribution in [1.29, 1.82) is 0 Å². The molecule has 94 valence electrons. The van der Waals surface area contributed by atoms with E-state index < -0.39 is 0 Å². The number of piperidine rings is 1. The van der Waals surface area contributed by atoms with Crippen LogP contribution in [0.15, 0.2) is 53.1 Å². The van der Waals surface area contributed by atoms with Gasteiger partial charge in [-0.05, 0) is 30.5 Å². The summed E-state index contributed by atoms with van der Waals surface area (Å²) in [5, 5.41) is 13.6. The van der Waals surface area contributed by atoms with Gasteiger partial charge in [-0.1, -0.05) is 30.3 Å². The Kier molecular flexibility index (Phi) is 3.17. The minimum absolute atomic E-state index is 0.0916. The maximum absolute atomic E-state index is 10.0. The maximum atomic E-state index is 10.0. The highest BCUT2D eigenvalue weighted by atomic mass is 16.3. The summed E-state index contributed by atoms with van der Waals surface area (Å²) in [6.45, 7) is 0. The number of rotatable bonds is 2. The van der Waals surface area contributed by atoms with Crippen LogP contribution in [0.2, 0.25) is 0 Å². The lowest BCUT2D eigenvalue weighted by molar-refractivity contribution is 0.0876. The predicted molar refractivity (Wildman–Crippen MR) is 69.0 cm³/mol. The van der Waals surface area contributed by atoms with Crippen LogP contribution in [0.5, 0.6) is 0 Å². The molecule has 1 saturated heterocycles. The molecular formula is C15H17NO2. The van der Waals surface area contributed by atoms with Crippen molar-refractivity contribution in [2.45, 2.75) is 31.0 Å². The van der Waals surface area contributed by atoms with E-state index in [0.717, 1.165) is 12.2 Å². The fraction of sp³-hybridized carbons (Fsp3) is 0.333. The fourth-order valence-corrected chi connectivity index (χ4v) is 2.62. The Morgan fingerprint density at radius 1 is 1.00 bits per heavy atom. The molecular weight excluding hydrogens is 226 g/mol. The third-order valence-corrected chi connectivity index (χ3v) is 3.51. The normalized spacial score (nSPS) is 28.2. The van der Waals surface area contributed by atoms with Crippen LogP contribution in [0.4, 0.5) is 0 Å². The molecule has 0 amide bonds. The average molecular weight is 243 g/mol. The minimum atomic E-state index is -0.286. The van der Waals surface area contributed by atoms with Gasteiger partial charge in [0.1, 0.15) is 5.76 Å². The van der Waals surface area contributed by atoms with E-state index >= 15 is 0 Å². The van der Waals surface area contributed by atoms with Crippen molar-refractivity contribution >= 4 is 0 Å². The van der Waals surface area contributed by atoms with Crippen LogP contribution < -0.4 is 5.32 Å². The molecule has 3 heteroatoms. The maximum Gasteiger partial charge on any atom is 0.120 e. The molecule has 2 heterocycles. The molecule has 1 fully saturated rings. The van der Waals surface area contributed by atoms with Crippen molar-refractivity contribution in [3.63, 3.8) is 0 Å². The van der Waals surface area contributed by atoms with Crippen LogP contribution in [0, 0.1) is 0 Å². The average Bonchev–Trinajstić information content (AvgIpc) is 2.93. The van der Waals surface area contributed by atoms with Gasteiger partial charge < -0.3 is 14.8 Å². The molecule has 3 rings (SSSR count). The van der Waals surface area contributed by atoms with Gasteiger partial charge in [-0.15, -0.1) is 0 Å². The van der Waals surface area contributed by atoms with Crippen LogP contribution in [0.1, 0.15) is 36.2 Å². The standard InChI is InChI=1S/C15H17NO2/c17-12-9-13(11-5-2-1-3-6-11)16-14(10-12)15-7-4-8-18-15/h1-8,12-14,16-17H,9-10H2/t12-,13-,14+/m1/s1. The van der Waals surface area contributed by atoms with Crippen molar-refractivity contribution in [1.82, 2.24) is 5.32 Å². The van der Waals surface area contributed by atoms with E-state index in [2.05, 4.69) is 17.4 Å². The van der Waals surface area contributed by atoms with Crippen LogP contribution in [0.25, 0.3) is 0 Å². The van der Waals surface area contributed by atoms with E-state index in [1.165, 1.54) is 5.56 Å². The third kappa shape index (κ3) is 2.33. The van der Waals surface area contributed by atoms with E-state index in [1.807, 2.05) is 30.3 Å². The molecule has 1 aliphatic heterocycles. The zero-order valence-corrected chi connectivity index (χ0v) is 10.1. The Morgan fingerprint density at radius 2 is 1.78 bits per heavy atom. The highest BCUT2D eigenvalue weighted by Gasteiger charge is 2.29. The number of aliphatic hydroxyl groups is 1. The van der Waals surface area contributed by atoms with Gasteiger partial charge >= 0.3 is 0 Å². The minimum Gasteiger partial charge on any atom is -0.468 e. The van der Waals surface area contributed by atoms with Crippen LogP contribution in [0.3, 0.4) is 0 Å². The van der Waals surface area contributed by atoms with Gasteiger partial charge in [-0.2, -0.15) is 0 Å². The van der Waals surface area contributed by atoms with E-state index in [9.17, 15) is 5.11 Å². The number of benzene rings is 1. The van der Waals surface area contributed by atoms with Gasteiger partial charge in [-0.3, -0.25) is 0 Å². The lowest BCUT2D eigenvalue weighted by atomic mass is 9.90. The fourth-order valence-electron chi connectivity index (χ4n) is 2.62. The van der Waals surface area contributed by atoms with Crippen molar-refractivity contribution in [2.24, 2.45) is 0 Å². The SMILES string of the molecule is O[C@H]1C[C@@H](c2ccco2)N[C@@H](c2ccccc2)C1. The van der Waals surface area contributed by atoms with Gasteiger partial charge in [0.25, 0.3) is 0 Å². The molecule has 3 atom stereocenters. The van der Waals surface area contributed by atoms with Gasteiger partial charge in [-0.25, -0.2) is 0 Å². The smallest absolute Gasteiger partial charge is 0.120 e. The van der Waals surface area contributed by atoms with Gasteiger partial charge in [0.2, 0.25) is 0 Å². The number of hydrogen-bond acceptors (Lipinski definition) is 3. The summed E-state index contributed by atoms with van der Waals surface area (Å²) in [5.74, 6) is 0.898. The van der Waals surface area contributed by atoms with Crippen molar-refractivity contribution in [3.05, 3.63) is 60.1 Å². The molecule has 2 aromatic rings. The van der Waals surface area contributed by atoms with Gasteiger partial charge in [0.15, 0.2) is 0 Å². The monoisotopic (exact) mass is 243 g/mol. The first-order valence-corrected chi connectivity index (χ1v) is 6.35. The second-order valence-corrected chi connectivity index (χ2v) is 4.82. The molecule has 3 nitrogen and oxygen atoms in total. The quantitative estimate of drug-likeness (QED) is 0.852. The lowest BCUT2D eigenvalue weighted by Crippen LogP contribution is -2.37. The zero-order valence-electron chi connectivity index (χ0n) is 10.1. The summed E-state index contributed by atoms with van der Waals surface area (Å²) >= 11 is 0. The summed E-state index contributed by atoms with van der Waals surface area (Å²) in [7, 11) is 0. The number of nitrogens with one attached hydrogen (secondary N) is 1. The molecule has 0 bridgehead atoms. The molecule has 0 aliphatic carbocycles. The molecule has 0 spiro atoms. The predicted octanol–water partition coefficient (Wildman–Crippen LogP) is 2.81. The van der Waals surface area contributed by atoms with Crippen LogP contribution >= 0.6 is 0 Å². The Hall–Kier alpha value is -1.58. The summed E-state index contributed by atoms with van der Waals surface area (Å²) < 4.78 is 5.43. The van der Waals surface area contributed by atoms with Crippen LogP contribution in [-0.2, 0) is 0 Å². The lowest BCUT2D eigenvalue weighted by Gasteiger charge is -2.33. The second kappa shape index (κ2) is 4.96. The third-order valence-electron chi connectivity index (χ3n) is 3.51. The second-order valence-electron chi connectivity index (χ2n) is 4.82. The number of hydrogen-bond donors (Lipinski definition) is 2. The van der Waals surface area contributed by atoms with Crippen molar-refractivity contribution in [2.75, 3.05) is 0 Å². The van der Waals surface area contributed by atoms with E-state index in [1.54, 1.807) is 6.26 Å². The molecule has 18 heavy (non-hydrogen) atoms. The summed E-state index contributed by atoms with van der Waals surface area (Å²) in [6.07, 6.45) is 2.85. The summed E-state index contributed by atoms with van der Waals surface area (Å²) in [6, 6.07) is 14.4. The molecule has 0 saturated carbocycles. The first kappa shape index (κ1) is 11.5. The molecule has 1 aromatic carbocycles. The van der Waals surface area contributed by atoms with E-state index in [-0.39, 0.29) is 18.2 Å². The molecule has 0 unspecified atom stereocenters. The first-order valence-electron chi connectivity index (χ1n) is 6.35. The topological polar surface area (TPSA) is 45.4 Å². The van der Waals surface area contributed by atoms with E-state index in [4.69, 9.17) is 4.42 Å². The largest absolute Gasteiger partial charge is 0.468 e. The Balaban J connectivity index is 1.81. The van der Waals surface area contributed by atoms with Crippen molar-refractivity contribution in [3.8, 4) is 0 Å². The van der Waals surface area contributed by atoms with Crippen LogP contribution in [-0.4, -0.2) is 11.2 Å². The molecule has 1 aliphatic rings. The number of furan rings is 1. The van der Waals surface area contributed by atoms with Gasteiger partial charge in [0, 0.05) is 6.04 Å². The highest BCUT2D eigenvalue weighted by molar-refractivity contribution is 5.21. The molecule has 2 N–H and O–H groups in total. The highest BCUT2D eigenvalue weighted by Crippen LogP contribution is 2.32. The Labute approximate surface area is 106 Å². The summed E-state index contributed by atoms with van der Waals surface area (Å²) in [4.78, 5) is 0. The zero-order chi connectivity index (χ0) is 12.4. The Bertz CT molecular complexity index is 480. The molecule has 0 radical (unpaired) electrons. The molecule has 1 aromatic heterocycles. The van der Waals surface area contributed by atoms with Crippen molar-refractivity contribution < 1.29 is 9.52 Å².